The summed E-state index contributed by atoms with van der Waals surface area (Å²) in [5.41, 5.74) is 4.25. The summed E-state index contributed by atoms with van der Waals surface area (Å²) in [7, 11) is 4.39. The number of morpholine rings is 1. The molecule has 0 N–H and O–H groups in total. The van der Waals surface area contributed by atoms with Gasteiger partial charge in [0, 0.05) is 25.2 Å². The molecule has 0 bridgehead atoms. The van der Waals surface area contributed by atoms with E-state index in [2.05, 4.69) is 55.9 Å². The van der Waals surface area contributed by atoms with Gasteiger partial charge in [0.15, 0.2) is 0 Å². The highest BCUT2D eigenvalue weighted by atomic mass is 16.5. The van der Waals surface area contributed by atoms with Gasteiger partial charge in [-0.05, 0) is 58.3 Å². The summed E-state index contributed by atoms with van der Waals surface area (Å²) in [4.78, 5) is 5.03. The second-order valence-corrected chi connectivity index (χ2v) is 7.31. The summed E-state index contributed by atoms with van der Waals surface area (Å²) in [5.74, 6) is 0. The third kappa shape index (κ3) is 3.37. The molecule has 0 spiro atoms. The van der Waals surface area contributed by atoms with Crippen LogP contribution in [0.15, 0.2) is 18.2 Å². The molecule has 0 aromatic heterocycles. The second-order valence-electron chi connectivity index (χ2n) is 7.31. The summed E-state index contributed by atoms with van der Waals surface area (Å²) >= 11 is 0. The summed E-state index contributed by atoms with van der Waals surface area (Å²) in [6.07, 6.45) is 4.15. The molecule has 1 heterocycles. The van der Waals surface area contributed by atoms with Crippen LogP contribution in [0.25, 0.3) is 0 Å². The maximum atomic E-state index is 6.11. The minimum atomic E-state index is 0.417. The Morgan fingerprint density at radius 1 is 1.23 bits per heavy atom. The van der Waals surface area contributed by atoms with Gasteiger partial charge in [0.25, 0.3) is 0 Å². The van der Waals surface area contributed by atoms with Crippen molar-refractivity contribution in [2.45, 2.75) is 57.8 Å². The second kappa shape index (κ2) is 6.69. The third-order valence-corrected chi connectivity index (χ3v) is 5.51. The van der Waals surface area contributed by atoms with Gasteiger partial charge in [-0.3, -0.25) is 4.90 Å². The first-order chi connectivity index (χ1) is 10.5. The molecular formula is C19H30N2O. The predicted molar refractivity (Wildman–Crippen MR) is 91.2 cm³/mol. The fraction of sp³-hybridized carbons (Fsp3) is 0.684. The van der Waals surface area contributed by atoms with E-state index in [1.165, 1.54) is 36.0 Å². The molecule has 22 heavy (non-hydrogen) atoms. The minimum Gasteiger partial charge on any atom is -0.375 e. The van der Waals surface area contributed by atoms with Crippen molar-refractivity contribution in [1.29, 1.82) is 0 Å². The molecule has 1 aliphatic carbocycles. The van der Waals surface area contributed by atoms with Crippen LogP contribution in [0.2, 0.25) is 0 Å². The van der Waals surface area contributed by atoms with Crippen LogP contribution >= 0.6 is 0 Å². The van der Waals surface area contributed by atoms with Gasteiger partial charge < -0.3 is 9.64 Å². The van der Waals surface area contributed by atoms with Crippen LogP contribution in [0.5, 0.6) is 0 Å². The molecule has 3 nitrogen and oxygen atoms in total. The number of fused-ring (bicyclic) bond motifs is 1. The first-order valence-electron chi connectivity index (χ1n) is 8.63. The Labute approximate surface area is 135 Å². The standard InChI is InChI=1S/C19H30N2O/c1-14-5-6-16(15(2)11-14)13-21-9-10-22-19-12-17(20(3)4)7-8-18(19)21/h5-6,11,17-19H,7-10,12-13H2,1-4H3/t17-,18+,19+/m0/s1. The fourth-order valence-corrected chi connectivity index (χ4v) is 4.08. The van der Waals surface area contributed by atoms with Crippen LogP contribution in [0.4, 0.5) is 0 Å². The Morgan fingerprint density at radius 2 is 2.05 bits per heavy atom. The zero-order chi connectivity index (χ0) is 15.7. The van der Waals surface area contributed by atoms with E-state index in [0.29, 0.717) is 18.2 Å². The van der Waals surface area contributed by atoms with E-state index >= 15 is 0 Å². The minimum absolute atomic E-state index is 0.417. The zero-order valence-corrected chi connectivity index (χ0v) is 14.5. The molecule has 1 saturated carbocycles. The van der Waals surface area contributed by atoms with Crippen molar-refractivity contribution < 1.29 is 4.74 Å². The van der Waals surface area contributed by atoms with Crippen molar-refractivity contribution in [3.63, 3.8) is 0 Å². The lowest BCUT2D eigenvalue weighted by Gasteiger charge is -2.47. The molecule has 2 fully saturated rings. The van der Waals surface area contributed by atoms with Crippen molar-refractivity contribution in [2.75, 3.05) is 27.2 Å². The molecule has 2 aliphatic rings. The first-order valence-corrected chi connectivity index (χ1v) is 8.63. The van der Waals surface area contributed by atoms with Crippen LogP contribution in [-0.2, 0) is 11.3 Å². The Kier molecular flexibility index (Phi) is 4.86. The topological polar surface area (TPSA) is 15.7 Å². The van der Waals surface area contributed by atoms with Crippen molar-refractivity contribution in [3.05, 3.63) is 34.9 Å². The van der Waals surface area contributed by atoms with Crippen molar-refractivity contribution in [2.24, 2.45) is 0 Å². The lowest BCUT2D eigenvalue weighted by molar-refractivity contribution is -0.103. The quantitative estimate of drug-likeness (QED) is 0.854. The number of hydrogen-bond acceptors (Lipinski definition) is 3. The van der Waals surface area contributed by atoms with E-state index in [-0.39, 0.29) is 0 Å². The van der Waals surface area contributed by atoms with Gasteiger partial charge >= 0.3 is 0 Å². The van der Waals surface area contributed by atoms with Gasteiger partial charge in [-0.1, -0.05) is 23.8 Å². The maximum Gasteiger partial charge on any atom is 0.0745 e. The van der Waals surface area contributed by atoms with Crippen LogP contribution < -0.4 is 0 Å². The van der Waals surface area contributed by atoms with Crippen LogP contribution in [0.3, 0.4) is 0 Å². The van der Waals surface area contributed by atoms with Gasteiger partial charge in [-0.25, -0.2) is 0 Å². The molecule has 3 heteroatoms. The summed E-state index contributed by atoms with van der Waals surface area (Å²) in [6.45, 7) is 7.43. The number of hydrogen-bond donors (Lipinski definition) is 0. The molecule has 3 rings (SSSR count). The summed E-state index contributed by atoms with van der Waals surface area (Å²) in [5, 5.41) is 0. The summed E-state index contributed by atoms with van der Waals surface area (Å²) in [6, 6.07) is 8.13. The average molecular weight is 302 g/mol. The molecule has 1 aromatic rings. The number of benzene rings is 1. The lowest BCUT2D eigenvalue weighted by atomic mass is 9.85. The van der Waals surface area contributed by atoms with Gasteiger partial charge in [0.05, 0.1) is 12.7 Å². The SMILES string of the molecule is Cc1ccc(CN2CCO[C@@H]3C[C@@H](N(C)C)CC[C@H]32)c(C)c1. The van der Waals surface area contributed by atoms with E-state index in [0.717, 1.165) is 19.7 Å². The molecule has 1 aromatic carbocycles. The van der Waals surface area contributed by atoms with E-state index in [1.54, 1.807) is 0 Å². The van der Waals surface area contributed by atoms with Crippen molar-refractivity contribution in [3.8, 4) is 0 Å². The molecule has 1 aliphatic heterocycles. The average Bonchev–Trinajstić information content (AvgIpc) is 2.49. The van der Waals surface area contributed by atoms with Gasteiger partial charge in [-0.2, -0.15) is 0 Å². The van der Waals surface area contributed by atoms with Crippen molar-refractivity contribution >= 4 is 0 Å². The Bertz CT molecular complexity index is 514. The highest BCUT2D eigenvalue weighted by molar-refractivity contribution is 5.30. The molecular weight excluding hydrogens is 272 g/mol. The third-order valence-electron chi connectivity index (χ3n) is 5.51. The van der Waals surface area contributed by atoms with E-state index in [1.807, 2.05) is 0 Å². The number of aryl methyl sites for hydroxylation is 2. The number of rotatable bonds is 3. The van der Waals surface area contributed by atoms with E-state index in [4.69, 9.17) is 4.74 Å². The molecule has 3 atom stereocenters. The van der Waals surface area contributed by atoms with Gasteiger partial charge in [0.1, 0.15) is 0 Å². The predicted octanol–water partition coefficient (Wildman–Crippen LogP) is 2.99. The molecule has 0 amide bonds. The highest BCUT2D eigenvalue weighted by Gasteiger charge is 2.38. The summed E-state index contributed by atoms with van der Waals surface area (Å²) < 4.78 is 6.11. The van der Waals surface area contributed by atoms with Gasteiger partial charge in [-0.15, -0.1) is 0 Å². The largest absolute Gasteiger partial charge is 0.375 e. The highest BCUT2D eigenvalue weighted by Crippen LogP contribution is 2.31. The molecule has 1 saturated heterocycles. The first kappa shape index (κ1) is 16.0. The Balaban J connectivity index is 1.69. The van der Waals surface area contributed by atoms with E-state index in [9.17, 15) is 0 Å². The van der Waals surface area contributed by atoms with Crippen LogP contribution in [-0.4, -0.2) is 55.2 Å². The Hall–Kier alpha value is -0.900. The number of nitrogens with zero attached hydrogens (tertiary/aromatic N) is 2. The van der Waals surface area contributed by atoms with Crippen LogP contribution in [0.1, 0.15) is 36.0 Å². The zero-order valence-electron chi connectivity index (χ0n) is 14.5. The van der Waals surface area contributed by atoms with Crippen molar-refractivity contribution in [1.82, 2.24) is 9.80 Å². The fourth-order valence-electron chi connectivity index (χ4n) is 4.08. The molecule has 122 valence electrons. The van der Waals surface area contributed by atoms with E-state index < -0.39 is 0 Å². The molecule has 0 radical (unpaired) electrons. The van der Waals surface area contributed by atoms with Gasteiger partial charge in [0.2, 0.25) is 0 Å². The van der Waals surface area contributed by atoms with Crippen LogP contribution in [0, 0.1) is 13.8 Å². The maximum absolute atomic E-state index is 6.11. The normalized spacial score (nSPS) is 29.6. The Morgan fingerprint density at radius 3 is 2.77 bits per heavy atom. The number of ether oxygens (including phenoxy) is 1. The molecule has 0 unspecified atom stereocenters. The lowest BCUT2D eigenvalue weighted by Crippen LogP contribution is -2.55. The smallest absolute Gasteiger partial charge is 0.0745 e. The monoisotopic (exact) mass is 302 g/mol.